The lowest BCUT2D eigenvalue weighted by Gasteiger charge is -2.36. The minimum Gasteiger partial charge on any atom is -0.463 e. The van der Waals surface area contributed by atoms with Crippen LogP contribution in [0, 0.1) is 12.8 Å². The lowest BCUT2D eigenvalue weighted by atomic mass is 9.64. The van der Waals surface area contributed by atoms with E-state index in [0.29, 0.717) is 5.56 Å². The Hall–Kier alpha value is -2.75. The number of fused-ring (bicyclic) bond motifs is 1. The molecule has 0 radical (unpaired) electrons. The summed E-state index contributed by atoms with van der Waals surface area (Å²) in [4.78, 5) is 37.7. The molecule has 2 aromatic rings. The molecular formula is C21H20O4. The summed E-state index contributed by atoms with van der Waals surface area (Å²) < 4.78 is 4.61. The molecule has 0 bridgehead atoms. The molecule has 1 aliphatic rings. The van der Waals surface area contributed by atoms with Crippen molar-refractivity contribution in [3.05, 3.63) is 70.8 Å². The van der Waals surface area contributed by atoms with E-state index in [2.05, 4.69) is 4.74 Å². The number of Topliss-reactive ketones (excluding diaryl/α,β-unsaturated/α-hetero) is 2. The minimum absolute atomic E-state index is 0.0754. The molecule has 0 saturated carbocycles. The van der Waals surface area contributed by atoms with Gasteiger partial charge in [0.05, 0.1) is 7.11 Å². The van der Waals surface area contributed by atoms with E-state index >= 15 is 0 Å². The number of ketones is 2. The number of carbonyl (C=O) groups is 3. The second kappa shape index (κ2) is 6.63. The summed E-state index contributed by atoms with van der Waals surface area (Å²) in [5.41, 5.74) is 3.34. The first kappa shape index (κ1) is 17.1. The van der Waals surface area contributed by atoms with Crippen molar-refractivity contribution in [1.29, 1.82) is 0 Å². The average Bonchev–Trinajstić information content (AvgIpc) is 2.64. The molecule has 0 aliphatic heterocycles. The van der Waals surface area contributed by atoms with Crippen LogP contribution in [-0.2, 0) is 14.3 Å². The van der Waals surface area contributed by atoms with Gasteiger partial charge < -0.3 is 4.74 Å². The minimum atomic E-state index is -1.06. The van der Waals surface area contributed by atoms with Crippen molar-refractivity contribution in [2.75, 3.05) is 7.11 Å². The van der Waals surface area contributed by atoms with Crippen molar-refractivity contribution in [3.8, 4) is 0 Å². The van der Waals surface area contributed by atoms with Crippen molar-refractivity contribution in [2.45, 2.75) is 25.7 Å². The standard InChI is InChI=1S/C21H20O4/c1-12-8-4-5-9-14(12)17-13(2)15-10-6-7-11-16(15)19(22)18(17)20(23)21(24)25-3/h4-11,13,17-18H,1-3H3/t13-,17-,18-/m1/s1. The first-order valence-corrected chi connectivity index (χ1v) is 8.28. The quantitative estimate of drug-likeness (QED) is 0.489. The zero-order valence-corrected chi connectivity index (χ0v) is 14.5. The van der Waals surface area contributed by atoms with Crippen LogP contribution in [0.25, 0.3) is 0 Å². The Kier molecular flexibility index (Phi) is 4.53. The molecule has 0 N–H and O–H groups in total. The Morgan fingerprint density at radius 3 is 2.20 bits per heavy atom. The molecule has 0 heterocycles. The van der Waals surface area contributed by atoms with Crippen LogP contribution in [0.5, 0.6) is 0 Å². The molecule has 0 unspecified atom stereocenters. The number of rotatable bonds is 3. The highest BCUT2D eigenvalue weighted by atomic mass is 16.5. The van der Waals surface area contributed by atoms with Crippen molar-refractivity contribution in [3.63, 3.8) is 0 Å². The molecule has 4 nitrogen and oxygen atoms in total. The zero-order valence-electron chi connectivity index (χ0n) is 14.5. The van der Waals surface area contributed by atoms with E-state index in [-0.39, 0.29) is 11.7 Å². The number of methoxy groups -OCH3 is 1. The van der Waals surface area contributed by atoms with Gasteiger partial charge in [-0.2, -0.15) is 0 Å². The van der Waals surface area contributed by atoms with Crippen LogP contribution in [0.4, 0.5) is 0 Å². The Labute approximate surface area is 146 Å². The molecule has 0 aromatic heterocycles. The summed E-state index contributed by atoms with van der Waals surface area (Å²) in [7, 11) is 1.16. The highest BCUT2D eigenvalue weighted by molar-refractivity contribution is 6.40. The van der Waals surface area contributed by atoms with Gasteiger partial charge in [-0.25, -0.2) is 4.79 Å². The van der Waals surface area contributed by atoms with E-state index in [9.17, 15) is 14.4 Å². The maximum atomic E-state index is 13.1. The number of esters is 1. The lowest BCUT2D eigenvalue weighted by molar-refractivity contribution is -0.153. The third kappa shape index (κ3) is 2.78. The van der Waals surface area contributed by atoms with Crippen LogP contribution in [0.1, 0.15) is 45.8 Å². The third-order valence-corrected chi connectivity index (χ3v) is 5.11. The fraction of sp³-hybridized carbons (Fsp3) is 0.286. The summed E-state index contributed by atoms with van der Waals surface area (Å²) in [6.07, 6.45) is 0. The Balaban J connectivity index is 2.21. The van der Waals surface area contributed by atoms with Crippen LogP contribution >= 0.6 is 0 Å². The zero-order chi connectivity index (χ0) is 18.1. The van der Waals surface area contributed by atoms with Gasteiger partial charge in [0, 0.05) is 11.5 Å². The first-order chi connectivity index (χ1) is 12.0. The van der Waals surface area contributed by atoms with Gasteiger partial charge in [0.1, 0.15) is 5.92 Å². The highest BCUT2D eigenvalue weighted by Crippen LogP contribution is 2.46. The van der Waals surface area contributed by atoms with E-state index in [4.69, 9.17) is 0 Å². The molecule has 2 aromatic carbocycles. The molecule has 4 heteroatoms. The van der Waals surface area contributed by atoms with Gasteiger partial charge in [-0.3, -0.25) is 9.59 Å². The van der Waals surface area contributed by atoms with Crippen LogP contribution in [0.15, 0.2) is 48.5 Å². The highest BCUT2D eigenvalue weighted by Gasteiger charge is 2.47. The van der Waals surface area contributed by atoms with Crippen molar-refractivity contribution in [2.24, 2.45) is 5.92 Å². The van der Waals surface area contributed by atoms with Crippen LogP contribution in [0.2, 0.25) is 0 Å². The van der Waals surface area contributed by atoms with Gasteiger partial charge in [-0.05, 0) is 29.5 Å². The number of benzene rings is 2. The number of ether oxygens (including phenoxy) is 1. The lowest BCUT2D eigenvalue weighted by Crippen LogP contribution is -2.41. The van der Waals surface area contributed by atoms with Gasteiger partial charge in [0.25, 0.3) is 5.78 Å². The van der Waals surface area contributed by atoms with Gasteiger partial charge in [-0.15, -0.1) is 0 Å². The Morgan fingerprint density at radius 1 is 0.960 bits per heavy atom. The molecule has 25 heavy (non-hydrogen) atoms. The molecule has 0 fully saturated rings. The molecular weight excluding hydrogens is 316 g/mol. The summed E-state index contributed by atoms with van der Waals surface area (Å²) in [5, 5.41) is 0. The van der Waals surface area contributed by atoms with Gasteiger partial charge in [0.15, 0.2) is 5.78 Å². The van der Waals surface area contributed by atoms with E-state index in [1.807, 2.05) is 50.2 Å². The van der Waals surface area contributed by atoms with Crippen molar-refractivity contribution >= 4 is 17.5 Å². The topological polar surface area (TPSA) is 60.4 Å². The number of carbonyl (C=O) groups excluding carboxylic acids is 3. The third-order valence-electron chi connectivity index (χ3n) is 5.11. The van der Waals surface area contributed by atoms with Crippen LogP contribution in [-0.4, -0.2) is 24.6 Å². The van der Waals surface area contributed by atoms with Crippen molar-refractivity contribution < 1.29 is 19.1 Å². The Bertz CT molecular complexity index is 852. The monoisotopic (exact) mass is 336 g/mol. The van der Waals surface area contributed by atoms with Gasteiger partial charge >= 0.3 is 5.97 Å². The number of aryl methyl sites for hydroxylation is 1. The first-order valence-electron chi connectivity index (χ1n) is 8.28. The van der Waals surface area contributed by atoms with Gasteiger partial charge in [-0.1, -0.05) is 55.5 Å². The van der Waals surface area contributed by atoms with Crippen molar-refractivity contribution in [1.82, 2.24) is 0 Å². The summed E-state index contributed by atoms with van der Waals surface area (Å²) in [6.45, 7) is 3.95. The smallest absolute Gasteiger partial charge is 0.375 e. The SMILES string of the molecule is COC(=O)C(=O)[C@H]1C(=O)c2ccccc2[C@@H](C)[C@@H]1c1ccccc1C. The molecule has 128 valence electrons. The average molecular weight is 336 g/mol. The summed E-state index contributed by atoms with van der Waals surface area (Å²) in [6, 6.07) is 15.0. The maximum absolute atomic E-state index is 13.1. The Morgan fingerprint density at radius 2 is 1.56 bits per heavy atom. The van der Waals surface area contributed by atoms with Gasteiger partial charge in [0.2, 0.25) is 0 Å². The maximum Gasteiger partial charge on any atom is 0.375 e. The molecule has 0 amide bonds. The fourth-order valence-corrected chi connectivity index (χ4v) is 3.85. The second-order valence-corrected chi connectivity index (χ2v) is 6.46. The predicted octanol–water partition coefficient (Wildman–Crippen LogP) is 3.44. The predicted molar refractivity (Wildman–Crippen MR) is 93.6 cm³/mol. The van der Waals surface area contributed by atoms with E-state index < -0.39 is 23.6 Å². The number of hydrogen-bond donors (Lipinski definition) is 0. The van der Waals surface area contributed by atoms with E-state index in [0.717, 1.165) is 23.8 Å². The van der Waals surface area contributed by atoms with E-state index in [1.165, 1.54) is 0 Å². The molecule has 1 aliphatic carbocycles. The normalized spacial score (nSPS) is 22.2. The summed E-state index contributed by atoms with van der Waals surface area (Å²) >= 11 is 0. The fourth-order valence-electron chi connectivity index (χ4n) is 3.85. The second-order valence-electron chi connectivity index (χ2n) is 6.46. The van der Waals surface area contributed by atoms with Crippen LogP contribution in [0.3, 0.4) is 0 Å². The molecule has 0 saturated heterocycles. The molecule has 0 spiro atoms. The molecule has 3 rings (SSSR count). The molecule has 3 atom stereocenters. The number of hydrogen-bond acceptors (Lipinski definition) is 4. The van der Waals surface area contributed by atoms with Crippen LogP contribution < -0.4 is 0 Å². The van der Waals surface area contributed by atoms with E-state index in [1.54, 1.807) is 12.1 Å². The summed E-state index contributed by atoms with van der Waals surface area (Å²) in [5.74, 6) is -3.58. The largest absolute Gasteiger partial charge is 0.463 e.